The van der Waals surface area contributed by atoms with Gasteiger partial charge >= 0.3 is 0 Å². The first-order valence-electron chi connectivity index (χ1n) is 5.50. The van der Waals surface area contributed by atoms with Crippen molar-refractivity contribution in [3.63, 3.8) is 0 Å². The molecule has 3 nitrogen and oxygen atoms in total. The Kier molecular flexibility index (Phi) is 3.30. The highest BCUT2D eigenvalue weighted by Crippen LogP contribution is 2.23. The van der Waals surface area contributed by atoms with Gasteiger partial charge in [0, 0.05) is 11.3 Å². The number of carbonyl (C=O) groups is 1. The van der Waals surface area contributed by atoms with Gasteiger partial charge in [-0.25, -0.2) is 0 Å². The zero-order valence-electron chi connectivity index (χ0n) is 9.73. The van der Waals surface area contributed by atoms with Crippen molar-refractivity contribution in [3.05, 3.63) is 22.4 Å². The predicted octanol–water partition coefficient (Wildman–Crippen LogP) is 2.28. The van der Waals surface area contributed by atoms with Gasteiger partial charge in [-0.15, -0.1) is 11.3 Å². The first-order chi connectivity index (χ1) is 7.59. The maximum Gasteiger partial charge on any atom is 0.225 e. The lowest BCUT2D eigenvalue weighted by molar-refractivity contribution is -0.135. The number of amides is 1. The molecule has 2 heterocycles. The maximum atomic E-state index is 12.0. The normalized spacial score (nSPS) is 19.0. The van der Waals surface area contributed by atoms with Gasteiger partial charge in [-0.1, -0.05) is 6.07 Å². The molecule has 1 fully saturated rings. The lowest BCUT2D eigenvalue weighted by atomic mass is 10.1. The average Bonchev–Trinajstić information content (AvgIpc) is 2.83. The summed E-state index contributed by atoms with van der Waals surface area (Å²) < 4.78 is 5.34. The van der Waals surface area contributed by atoms with Gasteiger partial charge in [0.2, 0.25) is 5.91 Å². The average molecular weight is 239 g/mol. The van der Waals surface area contributed by atoms with Gasteiger partial charge in [0.1, 0.15) is 6.73 Å². The second-order valence-corrected chi connectivity index (χ2v) is 5.72. The summed E-state index contributed by atoms with van der Waals surface area (Å²) in [5, 5.41) is 2.04. The molecule has 0 N–H and O–H groups in total. The lowest BCUT2D eigenvalue weighted by Gasteiger charge is -2.29. The molecule has 1 aliphatic heterocycles. The van der Waals surface area contributed by atoms with E-state index in [0.717, 1.165) is 6.42 Å². The minimum Gasteiger partial charge on any atom is -0.359 e. The second kappa shape index (κ2) is 4.55. The monoisotopic (exact) mass is 239 g/mol. The topological polar surface area (TPSA) is 29.5 Å². The zero-order chi connectivity index (χ0) is 11.6. The molecule has 16 heavy (non-hydrogen) atoms. The smallest absolute Gasteiger partial charge is 0.225 e. The van der Waals surface area contributed by atoms with Crippen LogP contribution in [0.1, 0.15) is 25.1 Å². The summed E-state index contributed by atoms with van der Waals surface area (Å²) in [6, 6.07) is 4.09. The van der Waals surface area contributed by atoms with Crippen LogP contribution in [0, 0.1) is 0 Å². The molecule has 0 radical (unpaired) electrons. The van der Waals surface area contributed by atoms with Crippen LogP contribution in [0.25, 0.3) is 0 Å². The van der Waals surface area contributed by atoms with E-state index in [2.05, 4.69) is 6.07 Å². The minimum absolute atomic E-state index is 0.146. The van der Waals surface area contributed by atoms with Crippen molar-refractivity contribution in [2.24, 2.45) is 0 Å². The molecular formula is C12H17NO2S. The van der Waals surface area contributed by atoms with Gasteiger partial charge < -0.3 is 9.64 Å². The third kappa shape index (κ3) is 2.44. The van der Waals surface area contributed by atoms with E-state index in [1.54, 1.807) is 11.3 Å². The van der Waals surface area contributed by atoms with Crippen LogP contribution in [-0.2, 0) is 16.0 Å². The summed E-state index contributed by atoms with van der Waals surface area (Å²) in [4.78, 5) is 15.1. The summed E-state index contributed by atoms with van der Waals surface area (Å²) in [5.41, 5.74) is -0.146. The molecule has 0 aliphatic carbocycles. The van der Waals surface area contributed by atoms with Gasteiger partial charge in [0.15, 0.2) is 0 Å². The van der Waals surface area contributed by atoms with E-state index in [4.69, 9.17) is 4.74 Å². The second-order valence-electron chi connectivity index (χ2n) is 4.69. The van der Waals surface area contributed by atoms with Crippen LogP contribution in [0.3, 0.4) is 0 Å². The Morgan fingerprint density at radius 2 is 2.44 bits per heavy atom. The van der Waals surface area contributed by atoms with Crippen LogP contribution in [0.2, 0.25) is 0 Å². The molecule has 2 rings (SSSR count). The van der Waals surface area contributed by atoms with Crippen molar-refractivity contribution in [1.82, 2.24) is 4.90 Å². The Bertz CT molecular complexity index is 359. The third-order valence-corrected chi connectivity index (χ3v) is 3.81. The molecule has 1 aromatic rings. The first kappa shape index (κ1) is 11.6. The summed E-state index contributed by atoms with van der Waals surface area (Å²) in [6.45, 7) is 5.17. The first-order valence-corrected chi connectivity index (χ1v) is 6.38. The minimum atomic E-state index is -0.146. The number of hydrogen-bond acceptors (Lipinski definition) is 3. The van der Waals surface area contributed by atoms with E-state index in [0.29, 0.717) is 19.8 Å². The predicted molar refractivity (Wildman–Crippen MR) is 64.4 cm³/mol. The van der Waals surface area contributed by atoms with Gasteiger partial charge in [0.05, 0.1) is 12.1 Å². The molecule has 4 heteroatoms. The standard InChI is InChI=1S/C12H17NO2S/c1-12(2)8-15-9-13(12)11(14)6-5-10-4-3-7-16-10/h3-4,7H,5-6,8-9H2,1-2H3. The fraction of sp³-hybridized carbons (Fsp3) is 0.583. The van der Waals surface area contributed by atoms with Crippen molar-refractivity contribution >= 4 is 17.2 Å². The molecule has 0 spiro atoms. The molecule has 0 aromatic carbocycles. The van der Waals surface area contributed by atoms with Crippen molar-refractivity contribution in [2.45, 2.75) is 32.2 Å². The molecule has 1 aliphatic rings. The van der Waals surface area contributed by atoms with Crippen molar-refractivity contribution in [3.8, 4) is 0 Å². The molecule has 0 unspecified atom stereocenters. The van der Waals surface area contributed by atoms with E-state index in [1.807, 2.05) is 30.2 Å². The van der Waals surface area contributed by atoms with Crippen LogP contribution in [0.5, 0.6) is 0 Å². The quantitative estimate of drug-likeness (QED) is 0.810. The largest absolute Gasteiger partial charge is 0.359 e. The molecule has 0 bridgehead atoms. The Balaban J connectivity index is 1.89. The molecule has 0 atom stereocenters. The van der Waals surface area contributed by atoms with Gasteiger partial charge in [-0.05, 0) is 31.7 Å². The highest BCUT2D eigenvalue weighted by molar-refractivity contribution is 7.09. The van der Waals surface area contributed by atoms with E-state index in [-0.39, 0.29) is 11.4 Å². The molecule has 1 amide bonds. The van der Waals surface area contributed by atoms with Gasteiger partial charge in [-0.2, -0.15) is 0 Å². The Morgan fingerprint density at radius 3 is 3.00 bits per heavy atom. The molecule has 1 aromatic heterocycles. The number of nitrogens with zero attached hydrogens (tertiary/aromatic N) is 1. The number of thiophene rings is 1. The number of ether oxygens (including phenoxy) is 1. The number of rotatable bonds is 3. The van der Waals surface area contributed by atoms with Crippen molar-refractivity contribution < 1.29 is 9.53 Å². The number of hydrogen-bond donors (Lipinski definition) is 0. The molecular weight excluding hydrogens is 222 g/mol. The van der Waals surface area contributed by atoms with Crippen molar-refractivity contribution in [2.75, 3.05) is 13.3 Å². The van der Waals surface area contributed by atoms with Crippen LogP contribution < -0.4 is 0 Å². The Labute approximate surface area is 100 Å². The number of carbonyl (C=O) groups excluding carboxylic acids is 1. The van der Waals surface area contributed by atoms with Crippen molar-refractivity contribution in [1.29, 1.82) is 0 Å². The fourth-order valence-corrected chi connectivity index (χ4v) is 2.58. The van der Waals surface area contributed by atoms with Crippen LogP contribution in [-0.4, -0.2) is 29.7 Å². The highest BCUT2D eigenvalue weighted by atomic mass is 32.1. The van der Waals surface area contributed by atoms with Crippen LogP contribution >= 0.6 is 11.3 Å². The summed E-state index contributed by atoms with van der Waals surface area (Å²) in [6.07, 6.45) is 1.41. The Morgan fingerprint density at radius 1 is 1.62 bits per heavy atom. The summed E-state index contributed by atoms with van der Waals surface area (Å²) in [7, 11) is 0. The van der Waals surface area contributed by atoms with E-state index in [1.165, 1.54) is 4.88 Å². The van der Waals surface area contributed by atoms with Gasteiger partial charge in [0.25, 0.3) is 0 Å². The van der Waals surface area contributed by atoms with E-state index in [9.17, 15) is 4.79 Å². The zero-order valence-corrected chi connectivity index (χ0v) is 10.5. The van der Waals surface area contributed by atoms with E-state index < -0.39 is 0 Å². The SMILES string of the molecule is CC1(C)COCN1C(=O)CCc1cccs1. The number of aryl methyl sites for hydroxylation is 1. The summed E-state index contributed by atoms with van der Waals surface area (Å²) in [5.74, 6) is 0.191. The lowest BCUT2D eigenvalue weighted by Crippen LogP contribution is -2.44. The van der Waals surface area contributed by atoms with E-state index >= 15 is 0 Å². The van der Waals surface area contributed by atoms with Crippen LogP contribution in [0.4, 0.5) is 0 Å². The third-order valence-electron chi connectivity index (χ3n) is 2.87. The highest BCUT2D eigenvalue weighted by Gasteiger charge is 2.35. The molecule has 88 valence electrons. The fourth-order valence-electron chi connectivity index (χ4n) is 1.87. The van der Waals surface area contributed by atoms with Crippen LogP contribution in [0.15, 0.2) is 17.5 Å². The Hall–Kier alpha value is -0.870. The van der Waals surface area contributed by atoms with Gasteiger partial charge in [-0.3, -0.25) is 4.79 Å². The summed E-state index contributed by atoms with van der Waals surface area (Å²) >= 11 is 1.71. The molecule has 1 saturated heterocycles. The molecule has 0 saturated carbocycles. The maximum absolute atomic E-state index is 12.0.